The maximum atomic E-state index is 5.66. The minimum Gasteiger partial charge on any atom is -0.497 e. The minimum absolute atomic E-state index is 0.706. The van der Waals surface area contributed by atoms with Gasteiger partial charge in [0.2, 0.25) is 6.20 Å². The molecule has 0 fully saturated rings. The number of ether oxygens (including phenoxy) is 1. The summed E-state index contributed by atoms with van der Waals surface area (Å²) in [7, 11) is 1.67. The Morgan fingerprint density at radius 1 is 1.05 bits per heavy atom. The van der Waals surface area contributed by atoms with Crippen molar-refractivity contribution in [2.45, 2.75) is 13.3 Å². The van der Waals surface area contributed by atoms with Gasteiger partial charge in [0.05, 0.1) is 7.11 Å². The van der Waals surface area contributed by atoms with Crippen molar-refractivity contribution in [1.82, 2.24) is 0 Å². The first-order valence-corrected chi connectivity index (χ1v) is 6.79. The van der Waals surface area contributed by atoms with Gasteiger partial charge in [-0.1, -0.05) is 19.1 Å². The summed E-state index contributed by atoms with van der Waals surface area (Å²) in [5, 5.41) is 0. The summed E-state index contributed by atoms with van der Waals surface area (Å²) in [6.45, 7) is 2.80. The molecule has 20 heavy (non-hydrogen) atoms. The Kier molecular flexibility index (Phi) is 5.18. The summed E-state index contributed by atoms with van der Waals surface area (Å²) >= 11 is 0. The van der Waals surface area contributed by atoms with Gasteiger partial charge < -0.3 is 4.74 Å². The fraction of sp³-hybridized carbons (Fsp3) is 0.235. The Labute approximate surface area is 120 Å². The smallest absolute Gasteiger partial charge is 0.257 e. The quantitative estimate of drug-likeness (QED) is 0.753. The van der Waals surface area contributed by atoms with Gasteiger partial charge in [0.15, 0.2) is 6.61 Å². The molecule has 0 aliphatic heterocycles. The van der Waals surface area contributed by atoms with Gasteiger partial charge in [-0.3, -0.25) is 4.84 Å². The molecule has 0 saturated heterocycles. The van der Waals surface area contributed by atoms with Crippen molar-refractivity contribution in [1.29, 1.82) is 0 Å². The highest BCUT2D eigenvalue weighted by molar-refractivity contribution is 5.67. The molecule has 0 N–H and O–H groups in total. The molecule has 1 aromatic carbocycles. The highest BCUT2D eigenvalue weighted by Crippen LogP contribution is 2.13. The molecule has 0 atom stereocenters. The van der Waals surface area contributed by atoms with E-state index in [2.05, 4.69) is 13.0 Å². The van der Waals surface area contributed by atoms with Crippen molar-refractivity contribution in [3.63, 3.8) is 0 Å². The number of nitrogens with zero attached hydrogens (tertiary/aromatic N) is 1. The molecule has 104 valence electrons. The molecule has 0 aliphatic carbocycles. The zero-order valence-corrected chi connectivity index (χ0v) is 12.0. The van der Waals surface area contributed by atoms with E-state index in [1.54, 1.807) is 11.8 Å². The molecule has 0 unspecified atom stereocenters. The van der Waals surface area contributed by atoms with Crippen LogP contribution in [0.3, 0.4) is 0 Å². The minimum atomic E-state index is 0.706. The molecule has 1 heterocycles. The lowest BCUT2D eigenvalue weighted by atomic mass is 10.2. The average molecular weight is 270 g/mol. The molecule has 0 saturated carbocycles. The number of hydrogen-bond donors (Lipinski definition) is 0. The fourth-order valence-corrected chi connectivity index (χ4v) is 1.77. The molecule has 3 nitrogen and oxygen atoms in total. The van der Waals surface area contributed by atoms with Gasteiger partial charge in [0.25, 0.3) is 5.69 Å². The van der Waals surface area contributed by atoms with Crippen LogP contribution in [0.2, 0.25) is 0 Å². The lowest BCUT2D eigenvalue weighted by Crippen LogP contribution is -2.45. The van der Waals surface area contributed by atoms with Gasteiger partial charge in [0.1, 0.15) is 5.75 Å². The topological polar surface area (TPSA) is 22.3 Å². The van der Waals surface area contributed by atoms with E-state index >= 15 is 0 Å². The molecule has 0 aliphatic rings. The maximum absolute atomic E-state index is 5.66. The van der Waals surface area contributed by atoms with Crippen LogP contribution in [0.4, 0.5) is 0 Å². The summed E-state index contributed by atoms with van der Waals surface area (Å²) in [6, 6.07) is 13.9. The van der Waals surface area contributed by atoms with Gasteiger partial charge in [-0.05, 0) is 36.3 Å². The van der Waals surface area contributed by atoms with E-state index in [-0.39, 0.29) is 0 Å². The number of benzene rings is 1. The van der Waals surface area contributed by atoms with Crippen LogP contribution in [0.15, 0.2) is 48.7 Å². The first-order valence-electron chi connectivity index (χ1n) is 6.79. The summed E-state index contributed by atoms with van der Waals surface area (Å²) in [5.74, 6) is 0.864. The third kappa shape index (κ3) is 3.85. The molecular formula is C17H20NO2+. The maximum Gasteiger partial charge on any atom is 0.257 e. The van der Waals surface area contributed by atoms with Crippen molar-refractivity contribution in [3.8, 4) is 5.75 Å². The first kappa shape index (κ1) is 14.1. The second-order valence-electron chi connectivity index (χ2n) is 4.39. The largest absolute Gasteiger partial charge is 0.497 e. The molecule has 2 aromatic rings. The van der Waals surface area contributed by atoms with Crippen LogP contribution in [0.1, 0.15) is 24.6 Å². The van der Waals surface area contributed by atoms with Crippen LogP contribution in [0, 0.1) is 0 Å². The Bertz CT molecular complexity index is 561. The van der Waals surface area contributed by atoms with Gasteiger partial charge in [0, 0.05) is 22.9 Å². The fourth-order valence-electron chi connectivity index (χ4n) is 1.77. The Balaban J connectivity index is 2.13. The first-order chi connectivity index (χ1) is 9.83. The van der Waals surface area contributed by atoms with Crippen molar-refractivity contribution in [2.75, 3.05) is 13.7 Å². The van der Waals surface area contributed by atoms with Crippen molar-refractivity contribution >= 4 is 12.2 Å². The highest BCUT2D eigenvalue weighted by atomic mass is 16.7. The van der Waals surface area contributed by atoms with Crippen molar-refractivity contribution in [2.24, 2.45) is 0 Å². The second kappa shape index (κ2) is 7.34. The van der Waals surface area contributed by atoms with Gasteiger partial charge in [-0.15, -0.1) is 0 Å². The molecular weight excluding hydrogens is 250 g/mol. The van der Waals surface area contributed by atoms with Gasteiger partial charge in [-0.25, -0.2) is 0 Å². The van der Waals surface area contributed by atoms with E-state index in [0.29, 0.717) is 6.61 Å². The predicted octanol–water partition coefficient (Wildman–Crippen LogP) is 2.99. The highest BCUT2D eigenvalue weighted by Gasteiger charge is 2.07. The zero-order chi connectivity index (χ0) is 14.2. The van der Waals surface area contributed by atoms with E-state index < -0.39 is 0 Å². The van der Waals surface area contributed by atoms with Crippen LogP contribution in [0.25, 0.3) is 12.2 Å². The van der Waals surface area contributed by atoms with Gasteiger partial charge in [-0.2, -0.15) is 0 Å². The lowest BCUT2D eigenvalue weighted by Gasteiger charge is -2.00. The Morgan fingerprint density at radius 2 is 1.85 bits per heavy atom. The van der Waals surface area contributed by atoms with E-state index in [1.807, 2.05) is 54.7 Å². The monoisotopic (exact) mass is 270 g/mol. The predicted molar refractivity (Wildman–Crippen MR) is 80.3 cm³/mol. The summed E-state index contributed by atoms with van der Waals surface area (Å²) in [5.41, 5.74) is 2.13. The van der Waals surface area contributed by atoms with Gasteiger partial charge >= 0.3 is 0 Å². The summed E-state index contributed by atoms with van der Waals surface area (Å²) in [6.07, 6.45) is 7.00. The number of aromatic nitrogens is 1. The van der Waals surface area contributed by atoms with Crippen molar-refractivity contribution < 1.29 is 14.3 Å². The Morgan fingerprint density at radius 3 is 2.55 bits per heavy atom. The third-order valence-corrected chi connectivity index (χ3v) is 2.85. The van der Waals surface area contributed by atoms with Crippen LogP contribution < -0.4 is 14.3 Å². The van der Waals surface area contributed by atoms with Crippen LogP contribution in [-0.2, 0) is 0 Å². The normalized spacial score (nSPS) is 10.7. The Hall–Kier alpha value is -2.29. The standard InChI is InChI=1S/C17H20NO2/c1-3-14-20-18-13-5-4-6-16(18)10-7-15-8-11-17(19-2)12-9-15/h4-13H,3,14H2,1-2H3/q+1/b10-7+. The molecule has 3 heteroatoms. The molecule has 0 spiro atoms. The SMILES string of the molecule is CCCO[n+]1ccccc1/C=C/c1ccc(OC)cc1. The lowest BCUT2D eigenvalue weighted by molar-refractivity contribution is -0.892. The van der Waals surface area contributed by atoms with E-state index in [1.165, 1.54) is 0 Å². The number of rotatable bonds is 6. The van der Waals surface area contributed by atoms with Crippen molar-refractivity contribution in [3.05, 3.63) is 59.9 Å². The summed E-state index contributed by atoms with van der Waals surface area (Å²) < 4.78 is 6.94. The molecule has 0 bridgehead atoms. The second-order valence-corrected chi connectivity index (χ2v) is 4.39. The third-order valence-electron chi connectivity index (χ3n) is 2.85. The van der Waals surface area contributed by atoms with E-state index in [0.717, 1.165) is 23.4 Å². The number of methoxy groups -OCH3 is 1. The zero-order valence-electron chi connectivity index (χ0n) is 12.0. The molecule has 1 aromatic heterocycles. The molecule has 0 radical (unpaired) electrons. The summed E-state index contributed by atoms with van der Waals surface area (Å²) in [4.78, 5) is 5.66. The van der Waals surface area contributed by atoms with E-state index in [4.69, 9.17) is 9.57 Å². The van der Waals surface area contributed by atoms with Crippen LogP contribution in [0.5, 0.6) is 5.75 Å². The molecule has 0 amide bonds. The number of hydrogen-bond acceptors (Lipinski definition) is 2. The van der Waals surface area contributed by atoms with Crippen LogP contribution in [-0.4, -0.2) is 13.7 Å². The molecule has 2 rings (SSSR count). The number of pyridine rings is 1. The van der Waals surface area contributed by atoms with Crippen LogP contribution >= 0.6 is 0 Å². The average Bonchev–Trinajstić information content (AvgIpc) is 2.52. The van der Waals surface area contributed by atoms with E-state index in [9.17, 15) is 0 Å².